The number of ether oxygens (including phenoxy) is 1. The third-order valence-electron chi connectivity index (χ3n) is 2.62. The second kappa shape index (κ2) is 5.78. The first kappa shape index (κ1) is 12.1. The first-order chi connectivity index (χ1) is 8.29. The molecule has 0 aliphatic carbocycles. The van der Waals surface area contributed by atoms with E-state index < -0.39 is 0 Å². The van der Waals surface area contributed by atoms with Gasteiger partial charge in [-0.05, 0) is 36.9 Å². The van der Waals surface area contributed by atoms with E-state index in [1.165, 1.54) is 10.5 Å². The Morgan fingerprint density at radius 1 is 1.00 bits per heavy atom. The van der Waals surface area contributed by atoms with Crippen molar-refractivity contribution < 1.29 is 4.74 Å². The number of benzene rings is 2. The average molecular weight is 244 g/mol. The number of thioether (sulfide) groups is 1. The summed E-state index contributed by atoms with van der Waals surface area (Å²) in [7, 11) is 0. The summed E-state index contributed by atoms with van der Waals surface area (Å²) < 4.78 is 5.93. The van der Waals surface area contributed by atoms with Crippen molar-refractivity contribution >= 4 is 11.8 Å². The van der Waals surface area contributed by atoms with Crippen molar-refractivity contribution in [3.05, 3.63) is 60.2 Å². The number of hydrogen-bond donors (Lipinski definition) is 0. The Balaban J connectivity index is 2.10. The van der Waals surface area contributed by atoms with Gasteiger partial charge in [0.05, 0.1) is 0 Å². The topological polar surface area (TPSA) is 9.23 Å². The summed E-state index contributed by atoms with van der Waals surface area (Å²) in [5.41, 5.74) is 1.20. The minimum absolute atomic E-state index is 0.0771. The third kappa shape index (κ3) is 3.27. The maximum atomic E-state index is 5.93. The van der Waals surface area contributed by atoms with E-state index in [0.717, 1.165) is 5.75 Å². The molecule has 0 aliphatic heterocycles. The Bertz CT molecular complexity index is 467. The molecule has 0 saturated carbocycles. The fraction of sp³-hybridized carbons (Fsp3) is 0.200. The van der Waals surface area contributed by atoms with E-state index >= 15 is 0 Å². The molecule has 2 rings (SSSR count). The smallest absolute Gasteiger partial charge is 0.121 e. The van der Waals surface area contributed by atoms with Crippen molar-refractivity contribution in [2.45, 2.75) is 17.9 Å². The number of rotatable bonds is 4. The summed E-state index contributed by atoms with van der Waals surface area (Å²) >= 11 is 1.73. The molecule has 1 nitrogen and oxygen atoms in total. The molecule has 17 heavy (non-hydrogen) atoms. The predicted molar refractivity (Wildman–Crippen MR) is 73.7 cm³/mol. The Morgan fingerprint density at radius 2 is 1.76 bits per heavy atom. The van der Waals surface area contributed by atoms with Gasteiger partial charge in [0.25, 0.3) is 0 Å². The van der Waals surface area contributed by atoms with E-state index in [0.29, 0.717) is 0 Å². The Labute approximate surface area is 107 Å². The Hall–Kier alpha value is -1.41. The van der Waals surface area contributed by atoms with E-state index in [1.807, 2.05) is 30.3 Å². The lowest BCUT2D eigenvalue weighted by Crippen LogP contribution is -2.02. The summed E-state index contributed by atoms with van der Waals surface area (Å²) in [6.45, 7) is 2.07. The Morgan fingerprint density at radius 3 is 2.47 bits per heavy atom. The maximum absolute atomic E-state index is 5.93. The van der Waals surface area contributed by atoms with Crippen molar-refractivity contribution in [1.82, 2.24) is 0 Å². The van der Waals surface area contributed by atoms with Crippen LogP contribution in [0.15, 0.2) is 59.5 Å². The van der Waals surface area contributed by atoms with Crippen molar-refractivity contribution in [2.75, 3.05) is 6.26 Å². The summed E-state index contributed by atoms with van der Waals surface area (Å²) in [5.74, 6) is 0.924. The highest BCUT2D eigenvalue weighted by molar-refractivity contribution is 7.98. The fourth-order valence-corrected chi connectivity index (χ4v) is 2.12. The molecule has 0 fully saturated rings. The van der Waals surface area contributed by atoms with Crippen LogP contribution in [-0.4, -0.2) is 6.26 Å². The first-order valence-corrected chi connectivity index (χ1v) is 6.88. The largest absolute Gasteiger partial charge is 0.486 e. The molecule has 2 heteroatoms. The van der Waals surface area contributed by atoms with Gasteiger partial charge in [0.1, 0.15) is 11.9 Å². The highest BCUT2D eigenvalue weighted by atomic mass is 32.2. The molecule has 0 bridgehead atoms. The molecule has 0 aromatic heterocycles. The molecule has 88 valence electrons. The van der Waals surface area contributed by atoms with Gasteiger partial charge in [-0.1, -0.05) is 36.4 Å². The van der Waals surface area contributed by atoms with E-state index in [1.54, 1.807) is 11.8 Å². The molecular formula is C15H16OS. The van der Waals surface area contributed by atoms with Crippen LogP contribution in [0.2, 0.25) is 0 Å². The first-order valence-electron chi connectivity index (χ1n) is 5.65. The lowest BCUT2D eigenvalue weighted by atomic mass is 10.1. The molecule has 0 spiro atoms. The molecule has 0 saturated heterocycles. The second-order valence-electron chi connectivity index (χ2n) is 3.85. The lowest BCUT2D eigenvalue weighted by molar-refractivity contribution is 0.226. The van der Waals surface area contributed by atoms with Crippen LogP contribution in [0.4, 0.5) is 0 Å². The second-order valence-corrected chi connectivity index (χ2v) is 4.73. The summed E-state index contributed by atoms with van der Waals surface area (Å²) in [5, 5.41) is 0. The van der Waals surface area contributed by atoms with Gasteiger partial charge in [0, 0.05) is 4.90 Å². The average Bonchev–Trinajstić information content (AvgIpc) is 2.40. The van der Waals surface area contributed by atoms with E-state index in [-0.39, 0.29) is 6.10 Å². The predicted octanol–water partition coefficient (Wildman–Crippen LogP) is 4.55. The SMILES string of the molecule is CSc1cccc(OC(C)c2ccccc2)c1. The quantitative estimate of drug-likeness (QED) is 0.730. The van der Waals surface area contributed by atoms with Crippen LogP contribution in [0.25, 0.3) is 0 Å². The van der Waals surface area contributed by atoms with Crippen LogP contribution in [0.1, 0.15) is 18.6 Å². The normalized spacial score (nSPS) is 12.1. The van der Waals surface area contributed by atoms with Gasteiger partial charge in [0.15, 0.2) is 0 Å². The monoisotopic (exact) mass is 244 g/mol. The van der Waals surface area contributed by atoms with E-state index in [9.17, 15) is 0 Å². The summed E-state index contributed by atoms with van der Waals surface area (Å²) in [6.07, 6.45) is 2.15. The molecule has 0 radical (unpaired) electrons. The zero-order valence-electron chi connectivity index (χ0n) is 10.1. The molecule has 2 aromatic carbocycles. The minimum Gasteiger partial charge on any atom is -0.486 e. The van der Waals surface area contributed by atoms with Gasteiger partial charge < -0.3 is 4.74 Å². The van der Waals surface area contributed by atoms with Gasteiger partial charge in [0.2, 0.25) is 0 Å². The van der Waals surface area contributed by atoms with Crippen LogP contribution in [-0.2, 0) is 0 Å². The molecular weight excluding hydrogens is 228 g/mol. The van der Waals surface area contributed by atoms with Gasteiger partial charge in [-0.25, -0.2) is 0 Å². The Kier molecular flexibility index (Phi) is 4.10. The van der Waals surface area contributed by atoms with E-state index in [2.05, 4.69) is 37.4 Å². The van der Waals surface area contributed by atoms with Crippen molar-refractivity contribution in [1.29, 1.82) is 0 Å². The molecule has 1 unspecified atom stereocenters. The van der Waals surface area contributed by atoms with Crippen LogP contribution in [0, 0.1) is 0 Å². The molecule has 1 atom stereocenters. The molecule has 0 N–H and O–H groups in total. The zero-order valence-corrected chi connectivity index (χ0v) is 10.9. The van der Waals surface area contributed by atoms with Crippen LogP contribution < -0.4 is 4.74 Å². The molecule has 0 heterocycles. The van der Waals surface area contributed by atoms with Crippen LogP contribution >= 0.6 is 11.8 Å². The van der Waals surface area contributed by atoms with Gasteiger partial charge in [-0.2, -0.15) is 0 Å². The van der Waals surface area contributed by atoms with Gasteiger partial charge in [-0.15, -0.1) is 11.8 Å². The molecule has 0 amide bonds. The zero-order chi connectivity index (χ0) is 12.1. The van der Waals surface area contributed by atoms with Crippen molar-refractivity contribution in [3.63, 3.8) is 0 Å². The summed E-state index contributed by atoms with van der Waals surface area (Å²) in [6, 6.07) is 18.4. The fourth-order valence-electron chi connectivity index (χ4n) is 1.67. The van der Waals surface area contributed by atoms with Crippen molar-refractivity contribution in [2.24, 2.45) is 0 Å². The van der Waals surface area contributed by atoms with Crippen LogP contribution in [0.3, 0.4) is 0 Å². The lowest BCUT2D eigenvalue weighted by Gasteiger charge is -2.15. The van der Waals surface area contributed by atoms with E-state index in [4.69, 9.17) is 4.74 Å². The third-order valence-corrected chi connectivity index (χ3v) is 3.35. The molecule has 0 aliphatic rings. The highest BCUT2D eigenvalue weighted by Crippen LogP contribution is 2.25. The van der Waals surface area contributed by atoms with Gasteiger partial charge in [-0.3, -0.25) is 0 Å². The standard InChI is InChI=1S/C15H16OS/c1-12(13-7-4-3-5-8-13)16-14-9-6-10-15(11-14)17-2/h3-12H,1-2H3. The van der Waals surface area contributed by atoms with Crippen molar-refractivity contribution in [3.8, 4) is 5.75 Å². The minimum atomic E-state index is 0.0771. The summed E-state index contributed by atoms with van der Waals surface area (Å²) in [4.78, 5) is 1.22. The van der Waals surface area contributed by atoms with Crippen LogP contribution in [0.5, 0.6) is 5.75 Å². The highest BCUT2D eigenvalue weighted by Gasteiger charge is 2.06. The van der Waals surface area contributed by atoms with Gasteiger partial charge >= 0.3 is 0 Å². The number of hydrogen-bond acceptors (Lipinski definition) is 2. The maximum Gasteiger partial charge on any atom is 0.121 e. The molecule has 2 aromatic rings.